The van der Waals surface area contributed by atoms with E-state index in [4.69, 9.17) is 9.47 Å². The lowest BCUT2D eigenvalue weighted by molar-refractivity contribution is -0.0962. The number of hydrogen-bond acceptors (Lipinski definition) is 4. The van der Waals surface area contributed by atoms with Crippen molar-refractivity contribution >= 4 is 0 Å². The van der Waals surface area contributed by atoms with Crippen molar-refractivity contribution in [1.29, 1.82) is 0 Å². The molecule has 0 aliphatic carbocycles. The molecule has 0 saturated heterocycles. The quantitative estimate of drug-likeness (QED) is 0.720. The van der Waals surface area contributed by atoms with E-state index in [1.165, 1.54) is 0 Å². The molecule has 1 aromatic rings. The lowest BCUT2D eigenvalue weighted by atomic mass is 9.82. The molecule has 0 radical (unpaired) electrons. The molecule has 5 heteroatoms. The van der Waals surface area contributed by atoms with Gasteiger partial charge in [0.05, 0.1) is 36.7 Å². The van der Waals surface area contributed by atoms with Crippen LogP contribution in [-0.4, -0.2) is 33.3 Å². The maximum absolute atomic E-state index is 5.95. The molecule has 0 fully saturated rings. The van der Waals surface area contributed by atoms with Gasteiger partial charge in [0.2, 0.25) is 0 Å². The molecule has 1 heterocycles. The highest BCUT2D eigenvalue weighted by Gasteiger charge is 2.28. The van der Waals surface area contributed by atoms with Crippen LogP contribution in [0, 0.1) is 5.41 Å². The van der Waals surface area contributed by atoms with E-state index in [9.17, 15) is 0 Å². The first-order chi connectivity index (χ1) is 10.3. The molecule has 1 rings (SSSR count). The Morgan fingerprint density at radius 2 is 1.70 bits per heavy atom. The summed E-state index contributed by atoms with van der Waals surface area (Å²) in [5.41, 5.74) is 0.682. The van der Waals surface area contributed by atoms with E-state index in [1.807, 2.05) is 38.6 Å². The third-order valence-corrected chi connectivity index (χ3v) is 3.50. The van der Waals surface area contributed by atoms with Crippen LogP contribution in [-0.2, 0) is 21.6 Å². The molecular weight excluding hydrogens is 290 g/mol. The van der Waals surface area contributed by atoms with Gasteiger partial charge in [0.1, 0.15) is 5.69 Å². The van der Waals surface area contributed by atoms with Gasteiger partial charge in [-0.2, -0.15) is 0 Å². The van der Waals surface area contributed by atoms with E-state index in [-0.39, 0.29) is 22.7 Å². The minimum atomic E-state index is -0.338. The number of rotatable bonds is 8. The topological polar surface area (TPSA) is 49.2 Å². The van der Waals surface area contributed by atoms with Crippen molar-refractivity contribution in [2.75, 3.05) is 6.61 Å². The van der Waals surface area contributed by atoms with Gasteiger partial charge in [0.15, 0.2) is 0 Å². The number of ether oxygens (including phenoxy) is 2. The van der Waals surface area contributed by atoms with E-state index in [0.717, 1.165) is 12.1 Å². The second-order valence-corrected chi connectivity index (χ2v) is 9.11. The highest BCUT2D eigenvalue weighted by Crippen LogP contribution is 2.31. The Balaban J connectivity index is 2.63. The molecule has 0 unspecified atom stereocenters. The fraction of sp³-hybridized carbons (Fsp3) is 0.889. The molecule has 0 aromatic carbocycles. The lowest BCUT2D eigenvalue weighted by Crippen LogP contribution is -2.32. The minimum absolute atomic E-state index is 0.0697. The van der Waals surface area contributed by atoms with Crippen molar-refractivity contribution < 1.29 is 9.47 Å². The molecule has 0 aliphatic heterocycles. The number of aromatic nitrogens is 3. The number of hydrogen-bond donors (Lipinski definition) is 0. The van der Waals surface area contributed by atoms with Crippen LogP contribution in [0.3, 0.4) is 0 Å². The fourth-order valence-corrected chi connectivity index (χ4v) is 2.72. The average Bonchev–Trinajstić information content (AvgIpc) is 2.81. The smallest absolute Gasteiger partial charge is 0.108 e. The van der Waals surface area contributed by atoms with Crippen molar-refractivity contribution in [3.05, 3.63) is 11.9 Å². The molecule has 0 saturated carbocycles. The second kappa shape index (κ2) is 7.31. The summed E-state index contributed by atoms with van der Waals surface area (Å²) in [5.74, 6) is 0. The van der Waals surface area contributed by atoms with Crippen LogP contribution >= 0.6 is 0 Å². The van der Waals surface area contributed by atoms with Crippen molar-refractivity contribution in [1.82, 2.24) is 15.0 Å². The zero-order valence-corrected chi connectivity index (χ0v) is 16.4. The van der Waals surface area contributed by atoms with Crippen molar-refractivity contribution in [3.8, 4) is 0 Å². The van der Waals surface area contributed by atoms with E-state index in [1.54, 1.807) is 0 Å². The summed E-state index contributed by atoms with van der Waals surface area (Å²) in [7, 11) is 0. The summed E-state index contributed by atoms with van der Waals surface area (Å²) in [6.07, 6.45) is 3.22. The summed E-state index contributed by atoms with van der Waals surface area (Å²) in [4.78, 5) is 0. The van der Waals surface area contributed by atoms with Gasteiger partial charge in [-0.25, -0.2) is 4.68 Å². The average molecular weight is 325 g/mol. The minimum Gasteiger partial charge on any atom is -0.376 e. The van der Waals surface area contributed by atoms with Crippen LogP contribution in [0.25, 0.3) is 0 Å². The summed E-state index contributed by atoms with van der Waals surface area (Å²) >= 11 is 0. The lowest BCUT2D eigenvalue weighted by Gasteiger charge is -2.32. The Labute approximate surface area is 141 Å². The van der Waals surface area contributed by atoms with Crippen LogP contribution in [0.1, 0.15) is 74.4 Å². The van der Waals surface area contributed by atoms with Gasteiger partial charge in [-0.1, -0.05) is 26.0 Å². The summed E-state index contributed by atoms with van der Waals surface area (Å²) in [6, 6.07) is 0. The Hall–Kier alpha value is -0.940. The van der Waals surface area contributed by atoms with Gasteiger partial charge in [0.25, 0.3) is 0 Å². The Kier molecular flexibility index (Phi) is 6.39. The van der Waals surface area contributed by atoms with E-state index in [2.05, 4.69) is 44.9 Å². The van der Waals surface area contributed by atoms with Gasteiger partial charge >= 0.3 is 0 Å². The van der Waals surface area contributed by atoms with Gasteiger partial charge in [-0.15, -0.1) is 5.10 Å². The molecule has 0 amide bonds. The maximum atomic E-state index is 5.95. The predicted molar refractivity (Wildman–Crippen MR) is 93.4 cm³/mol. The highest BCUT2D eigenvalue weighted by molar-refractivity contribution is 4.95. The number of nitrogens with zero attached hydrogens (tertiary/aromatic N) is 3. The van der Waals surface area contributed by atoms with Gasteiger partial charge in [-0.05, 0) is 53.4 Å². The third kappa shape index (κ3) is 7.44. The zero-order valence-electron chi connectivity index (χ0n) is 16.4. The first-order valence-electron chi connectivity index (χ1n) is 8.48. The molecule has 1 aromatic heterocycles. The standard InChI is InChI=1S/C18H35N3O2/c1-14(2)22-13-18(8,9)23-11-15-10-21(20-19-15)17(6,7)12-16(3,4)5/h10,14H,11-13H2,1-9H3. The highest BCUT2D eigenvalue weighted by atomic mass is 16.5. The SMILES string of the molecule is CC(C)OCC(C)(C)OCc1cn(C(C)(C)CC(C)(C)C)nn1. The molecule has 0 bridgehead atoms. The second-order valence-electron chi connectivity index (χ2n) is 9.11. The van der Waals surface area contributed by atoms with Gasteiger partial charge < -0.3 is 9.47 Å². The monoisotopic (exact) mass is 325 g/mol. The van der Waals surface area contributed by atoms with Crippen LogP contribution in [0.2, 0.25) is 0 Å². The van der Waals surface area contributed by atoms with Crippen LogP contribution in [0.5, 0.6) is 0 Å². The molecule has 0 N–H and O–H groups in total. The van der Waals surface area contributed by atoms with Crippen molar-refractivity contribution in [2.45, 2.75) is 92.6 Å². The largest absolute Gasteiger partial charge is 0.376 e. The van der Waals surface area contributed by atoms with Crippen LogP contribution < -0.4 is 0 Å². The van der Waals surface area contributed by atoms with E-state index in [0.29, 0.717) is 13.2 Å². The van der Waals surface area contributed by atoms with Gasteiger partial charge in [0, 0.05) is 0 Å². The zero-order chi connectivity index (χ0) is 17.9. The molecule has 23 heavy (non-hydrogen) atoms. The predicted octanol–water partition coefficient (Wildman–Crippen LogP) is 4.17. The van der Waals surface area contributed by atoms with E-state index >= 15 is 0 Å². The first-order valence-corrected chi connectivity index (χ1v) is 8.48. The molecule has 0 aliphatic rings. The van der Waals surface area contributed by atoms with Crippen LogP contribution in [0.15, 0.2) is 6.20 Å². The molecule has 0 spiro atoms. The summed E-state index contributed by atoms with van der Waals surface area (Å²) in [6.45, 7) is 20.2. The Morgan fingerprint density at radius 3 is 2.22 bits per heavy atom. The first kappa shape index (κ1) is 20.1. The third-order valence-electron chi connectivity index (χ3n) is 3.50. The van der Waals surface area contributed by atoms with Crippen molar-refractivity contribution in [2.24, 2.45) is 5.41 Å². The summed E-state index contributed by atoms with van der Waals surface area (Å²) < 4.78 is 13.5. The molecule has 134 valence electrons. The molecular formula is C18H35N3O2. The Bertz CT molecular complexity index is 485. The maximum Gasteiger partial charge on any atom is 0.108 e. The van der Waals surface area contributed by atoms with Gasteiger partial charge in [-0.3, -0.25) is 0 Å². The Morgan fingerprint density at radius 1 is 1.09 bits per heavy atom. The van der Waals surface area contributed by atoms with Crippen molar-refractivity contribution in [3.63, 3.8) is 0 Å². The molecule has 0 atom stereocenters. The normalized spacial score (nSPS) is 13.8. The van der Waals surface area contributed by atoms with E-state index < -0.39 is 0 Å². The van der Waals surface area contributed by atoms with Crippen LogP contribution in [0.4, 0.5) is 0 Å². The fourth-order valence-electron chi connectivity index (χ4n) is 2.72. The summed E-state index contributed by atoms with van der Waals surface area (Å²) in [5, 5.41) is 8.56. The molecule has 5 nitrogen and oxygen atoms in total.